The summed E-state index contributed by atoms with van der Waals surface area (Å²) in [5.41, 5.74) is 1.96. The molecular weight excluding hydrogens is 244 g/mol. The highest BCUT2D eigenvalue weighted by Gasteiger charge is 2.32. The molecule has 2 aromatic carbocycles. The van der Waals surface area contributed by atoms with Crippen LogP contribution in [0.5, 0.6) is 0 Å². The van der Waals surface area contributed by atoms with Gasteiger partial charge in [0, 0.05) is 5.54 Å². The van der Waals surface area contributed by atoms with Gasteiger partial charge in [0.1, 0.15) is 0 Å². The predicted molar refractivity (Wildman–Crippen MR) is 87.6 cm³/mol. The quantitative estimate of drug-likeness (QED) is 0.564. The molecule has 0 radical (unpaired) electrons. The molecule has 0 aliphatic carbocycles. The maximum atomic E-state index is 2.46. The van der Waals surface area contributed by atoms with Crippen LogP contribution in [-0.2, 0) is 0 Å². The normalized spacial score (nSPS) is 13.6. The van der Waals surface area contributed by atoms with Crippen LogP contribution in [0.3, 0.4) is 0 Å². The molecule has 0 nitrogen and oxygen atoms in total. The van der Waals surface area contributed by atoms with E-state index in [1.807, 2.05) is 0 Å². The molecule has 0 amide bonds. The zero-order valence-electron chi connectivity index (χ0n) is 12.0. The molecule has 98 valence electrons. The van der Waals surface area contributed by atoms with Crippen LogP contribution >= 0.6 is 0 Å². The maximum Gasteiger partial charge on any atom is 0.0919 e. The first-order valence-electron chi connectivity index (χ1n) is 6.89. The van der Waals surface area contributed by atoms with Crippen molar-refractivity contribution in [3.63, 3.8) is 0 Å². The van der Waals surface area contributed by atoms with E-state index < -0.39 is 8.07 Å². The minimum absolute atomic E-state index is 0.529. The molecule has 0 fully saturated rings. The molecule has 0 saturated heterocycles. The van der Waals surface area contributed by atoms with Gasteiger partial charge in [-0.15, -0.1) is 0 Å². The summed E-state index contributed by atoms with van der Waals surface area (Å²) in [6, 6.07) is 21.8. The molecule has 19 heavy (non-hydrogen) atoms. The van der Waals surface area contributed by atoms with E-state index in [1.165, 1.54) is 10.8 Å². The zero-order chi connectivity index (χ0) is 13.7. The third-order valence-electron chi connectivity index (χ3n) is 3.84. The SMILES string of the molecule is C/C=C/C(c1ccccc1)[Si](C)(C)c1ccccc1. The van der Waals surface area contributed by atoms with E-state index in [4.69, 9.17) is 0 Å². The van der Waals surface area contributed by atoms with Gasteiger partial charge in [0.25, 0.3) is 0 Å². The topological polar surface area (TPSA) is 0 Å². The maximum absolute atomic E-state index is 2.46. The first-order chi connectivity index (χ1) is 9.16. The van der Waals surface area contributed by atoms with Crippen molar-refractivity contribution in [2.24, 2.45) is 0 Å². The molecule has 1 unspecified atom stereocenters. The lowest BCUT2D eigenvalue weighted by atomic mass is 10.1. The summed E-state index contributed by atoms with van der Waals surface area (Å²) >= 11 is 0. The molecule has 0 N–H and O–H groups in total. The number of hydrogen-bond donors (Lipinski definition) is 0. The fraction of sp³-hybridized carbons (Fsp3) is 0.222. The van der Waals surface area contributed by atoms with Crippen molar-refractivity contribution < 1.29 is 0 Å². The van der Waals surface area contributed by atoms with Crippen LogP contribution in [0.25, 0.3) is 0 Å². The average molecular weight is 266 g/mol. The van der Waals surface area contributed by atoms with Gasteiger partial charge in [-0.3, -0.25) is 0 Å². The highest BCUT2D eigenvalue weighted by molar-refractivity contribution is 6.91. The molecule has 0 bridgehead atoms. The van der Waals surface area contributed by atoms with Crippen molar-refractivity contribution in [2.75, 3.05) is 0 Å². The lowest BCUT2D eigenvalue weighted by molar-refractivity contribution is 1.14. The summed E-state index contributed by atoms with van der Waals surface area (Å²) in [5.74, 6) is 0. The monoisotopic (exact) mass is 266 g/mol. The van der Waals surface area contributed by atoms with Crippen molar-refractivity contribution in [3.8, 4) is 0 Å². The van der Waals surface area contributed by atoms with Crippen LogP contribution in [0.4, 0.5) is 0 Å². The van der Waals surface area contributed by atoms with Gasteiger partial charge in [-0.05, 0) is 12.5 Å². The van der Waals surface area contributed by atoms with Gasteiger partial charge in [-0.2, -0.15) is 0 Å². The van der Waals surface area contributed by atoms with Crippen LogP contribution in [0, 0.1) is 0 Å². The Kier molecular flexibility index (Phi) is 4.38. The summed E-state index contributed by atoms with van der Waals surface area (Å²) in [7, 11) is -1.56. The van der Waals surface area contributed by atoms with Gasteiger partial charge in [0.05, 0.1) is 8.07 Å². The molecular formula is C18H22Si. The van der Waals surface area contributed by atoms with Crippen LogP contribution in [0.1, 0.15) is 18.0 Å². The number of allylic oxidation sites excluding steroid dienone is 2. The third-order valence-corrected chi connectivity index (χ3v) is 7.74. The molecule has 0 heterocycles. The van der Waals surface area contributed by atoms with E-state index >= 15 is 0 Å². The second-order valence-electron chi connectivity index (χ2n) is 5.50. The van der Waals surface area contributed by atoms with Crippen LogP contribution in [0.2, 0.25) is 13.1 Å². The Hall–Kier alpha value is -1.60. The molecule has 2 rings (SSSR count). The van der Waals surface area contributed by atoms with Crippen LogP contribution in [0.15, 0.2) is 72.8 Å². The Morgan fingerprint density at radius 3 is 1.89 bits per heavy atom. The van der Waals surface area contributed by atoms with Crippen LogP contribution in [-0.4, -0.2) is 8.07 Å². The number of benzene rings is 2. The Morgan fingerprint density at radius 1 is 0.842 bits per heavy atom. The molecule has 0 aliphatic heterocycles. The van der Waals surface area contributed by atoms with Crippen molar-refractivity contribution in [1.29, 1.82) is 0 Å². The van der Waals surface area contributed by atoms with Gasteiger partial charge < -0.3 is 0 Å². The smallest absolute Gasteiger partial charge is 0.0913 e. The third kappa shape index (κ3) is 3.05. The fourth-order valence-corrected chi connectivity index (χ4v) is 5.78. The summed E-state index contributed by atoms with van der Waals surface area (Å²) in [6.45, 7) is 7.03. The standard InChI is InChI=1S/C18H22Si/c1-4-11-18(16-12-7-5-8-13-16)19(2,3)17-14-9-6-10-15-17/h4-15,18H,1-3H3/b11-4+. The van der Waals surface area contributed by atoms with Crippen molar-refractivity contribution in [1.82, 2.24) is 0 Å². The highest BCUT2D eigenvalue weighted by Crippen LogP contribution is 2.28. The van der Waals surface area contributed by atoms with E-state index in [0.29, 0.717) is 5.54 Å². The van der Waals surface area contributed by atoms with Gasteiger partial charge in [-0.25, -0.2) is 0 Å². The number of hydrogen-bond acceptors (Lipinski definition) is 0. The zero-order valence-corrected chi connectivity index (χ0v) is 13.0. The number of rotatable bonds is 4. The fourth-order valence-electron chi connectivity index (χ4n) is 2.67. The van der Waals surface area contributed by atoms with Crippen LogP contribution < -0.4 is 5.19 Å². The second kappa shape index (κ2) is 6.03. The van der Waals surface area contributed by atoms with E-state index in [-0.39, 0.29) is 0 Å². The lowest BCUT2D eigenvalue weighted by Gasteiger charge is -2.31. The first-order valence-corrected chi connectivity index (χ1v) is 9.97. The molecule has 0 aromatic heterocycles. The average Bonchev–Trinajstić information content (AvgIpc) is 2.46. The second-order valence-corrected chi connectivity index (χ2v) is 10.1. The van der Waals surface area contributed by atoms with E-state index in [1.54, 1.807) is 0 Å². The summed E-state index contributed by atoms with van der Waals surface area (Å²) in [6.07, 6.45) is 4.56. The Morgan fingerprint density at radius 2 is 1.37 bits per heavy atom. The van der Waals surface area contributed by atoms with Crippen molar-refractivity contribution >= 4 is 13.3 Å². The lowest BCUT2D eigenvalue weighted by Crippen LogP contribution is -2.47. The van der Waals surface area contributed by atoms with Gasteiger partial charge in [0.15, 0.2) is 0 Å². The Labute approximate surface area is 117 Å². The largest absolute Gasteiger partial charge is 0.0919 e. The van der Waals surface area contributed by atoms with E-state index in [0.717, 1.165) is 0 Å². The molecule has 0 aliphatic rings. The minimum atomic E-state index is -1.56. The summed E-state index contributed by atoms with van der Waals surface area (Å²) < 4.78 is 0. The van der Waals surface area contributed by atoms with E-state index in [2.05, 4.69) is 92.8 Å². The molecule has 1 heteroatoms. The van der Waals surface area contributed by atoms with Gasteiger partial charge in [-0.1, -0.05) is 91.1 Å². The van der Waals surface area contributed by atoms with Gasteiger partial charge in [0.2, 0.25) is 0 Å². The first kappa shape index (κ1) is 13.8. The van der Waals surface area contributed by atoms with Gasteiger partial charge >= 0.3 is 0 Å². The predicted octanol–water partition coefficient (Wildman–Crippen LogP) is 4.50. The van der Waals surface area contributed by atoms with Crippen molar-refractivity contribution in [3.05, 3.63) is 78.4 Å². The summed E-state index contributed by atoms with van der Waals surface area (Å²) in [4.78, 5) is 0. The Bertz CT molecular complexity index is 526. The molecule has 1 atom stereocenters. The summed E-state index contributed by atoms with van der Waals surface area (Å²) in [5, 5.41) is 1.52. The molecule has 0 saturated carbocycles. The minimum Gasteiger partial charge on any atom is -0.0913 e. The molecule has 2 aromatic rings. The Balaban J connectivity index is 2.45. The molecule has 0 spiro atoms. The van der Waals surface area contributed by atoms with Crippen molar-refractivity contribution in [2.45, 2.75) is 25.6 Å². The highest BCUT2D eigenvalue weighted by atomic mass is 28.3. The van der Waals surface area contributed by atoms with E-state index in [9.17, 15) is 0 Å².